The number of hydrogen-bond donors (Lipinski definition) is 0. The molecule has 1 aromatic rings. The maximum atomic E-state index is 3.63. The van der Waals surface area contributed by atoms with Gasteiger partial charge in [0.25, 0.3) is 0 Å². The quantitative estimate of drug-likeness (QED) is 0.516. The van der Waals surface area contributed by atoms with Crippen molar-refractivity contribution >= 4 is 6.08 Å². The van der Waals surface area contributed by atoms with Gasteiger partial charge in [-0.15, -0.1) is 0 Å². The van der Waals surface area contributed by atoms with Crippen LogP contribution in [0.1, 0.15) is 19.4 Å². The zero-order valence-corrected chi connectivity index (χ0v) is 14.2. The maximum absolute atomic E-state index is 3.63. The Morgan fingerprint density at radius 2 is 1.05 bits per heavy atom. The Morgan fingerprint density at radius 1 is 0.727 bits per heavy atom. The number of allylic oxidation sites excluding steroid dienone is 6. The highest BCUT2D eigenvalue weighted by molar-refractivity contribution is 5.45. The molecule has 118 valence electrons. The van der Waals surface area contributed by atoms with E-state index in [1.807, 2.05) is 50.3 Å². The number of hydrogen-bond acceptors (Lipinski definition) is 0. The van der Waals surface area contributed by atoms with Crippen LogP contribution in [0.15, 0.2) is 112 Å². The molecule has 0 saturated heterocycles. The van der Waals surface area contributed by atoms with Crippen molar-refractivity contribution in [1.82, 2.24) is 0 Å². The van der Waals surface area contributed by atoms with Crippen molar-refractivity contribution < 1.29 is 0 Å². The SMILES string of the molecule is C=CC(=C)C.C=CC(=C)C.C=CC=C.C=Cc1ccccc1. The third-order valence-electron chi connectivity index (χ3n) is 1.90. The lowest BCUT2D eigenvalue weighted by molar-refractivity contribution is 1.58. The second kappa shape index (κ2) is 20.7. The molecule has 0 heteroatoms. The number of rotatable bonds is 4. The van der Waals surface area contributed by atoms with Crippen molar-refractivity contribution in [2.75, 3.05) is 0 Å². The van der Waals surface area contributed by atoms with Gasteiger partial charge in [0.15, 0.2) is 0 Å². The van der Waals surface area contributed by atoms with E-state index in [1.165, 1.54) is 5.56 Å². The molecule has 0 saturated carbocycles. The van der Waals surface area contributed by atoms with Crippen molar-refractivity contribution in [2.24, 2.45) is 0 Å². The van der Waals surface area contributed by atoms with Gasteiger partial charge in [0, 0.05) is 0 Å². The van der Waals surface area contributed by atoms with Gasteiger partial charge < -0.3 is 0 Å². The Bertz CT molecular complexity index is 434. The average molecular weight is 294 g/mol. The summed E-state index contributed by atoms with van der Waals surface area (Å²) < 4.78 is 0. The van der Waals surface area contributed by atoms with E-state index in [0.29, 0.717) is 0 Å². The third-order valence-corrected chi connectivity index (χ3v) is 1.90. The molecule has 0 heterocycles. The van der Waals surface area contributed by atoms with Crippen molar-refractivity contribution in [3.63, 3.8) is 0 Å². The van der Waals surface area contributed by atoms with E-state index in [2.05, 4.69) is 46.1 Å². The summed E-state index contributed by atoms with van der Waals surface area (Å²) in [6.45, 7) is 28.2. The highest BCUT2D eigenvalue weighted by Crippen LogP contribution is 1.97. The molecule has 0 spiro atoms. The van der Waals surface area contributed by atoms with Gasteiger partial charge in [0.2, 0.25) is 0 Å². The van der Waals surface area contributed by atoms with Crippen LogP contribution in [0.2, 0.25) is 0 Å². The zero-order chi connectivity index (χ0) is 17.8. The van der Waals surface area contributed by atoms with Crippen LogP contribution in [0.25, 0.3) is 6.08 Å². The minimum absolute atomic E-state index is 1.02. The van der Waals surface area contributed by atoms with Gasteiger partial charge >= 0.3 is 0 Å². The zero-order valence-electron chi connectivity index (χ0n) is 14.2. The molecule has 0 aromatic heterocycles. The van der Waals surface area contributed by atoms with Gasteiger partial charge in [-0.3, -0.25) is 0 Å². The second-order valence-electron chi connectivity index (χ2n) is 4.19. The molecular weight excluding hydrogens is 264 g/mol. The van der Waals surface area contributed by atoms with Crippen LogP contribution < -0.4 is 0 Å². The van der Waals surface area contributed by atoms with Gasteiger partial charge in [-0.05, 0) is 19.4 Å². The molecule has 0 aliphatic heterocycles. The van der Waals surface area contributed by atoms with E-state index in [0.717, 1.165) is 11.1 Å². The van der Waals surface area contributed by atoms with Crippen LogP contribution in [0.3, 0.4) is 0 Å². The van der Waals surface area contributed by atoms with Gasteiger partial charge in [0.05, 0.1) is 0 Å². The molecule has 0 aliphatic rings. The number of benzene rings is 1. The predicted octanol–water partition coefficient (Wildman–Crippen LogP) is 7.19. The minimum Gasteiger partial charge on any atom is -0.0991 e. The van der Waals surface area contributed by atoms with E-state index in [-0.39, 0.29) is 0 Å². The van der Waals surface area contributed by atoms with E-state index in [4.69, 9.17) is 0 Å². The lowest BCUT2D eigenvalue weighted by atomic mass is 10.2. The molecule has 0 nitrogen and oxygen atoms in total. The molecule has 22 heavy (non-hydrogen) atoms. The molecule has 1 aromatic carbocycles. The lowest BCUT2D eigenvalue weighted by Gasteiger charge is -1.85. The van der Waals surface area contributed by atoms with Crippen molar-refractivity contribution in [3.8, 4) is 0 Å². The average Bonchev–Trinajstić information content (AvgIpc) is 2.56. The summed E-state index contributed by atoms with van der Waals surface area (Å²) in [4.78, 5) is 0. The standard InChI is InChI=1S/C8H8.2C5H8.C4H6/c1-2-8-6-4-3-5-7-8;2*1-4-5(2)3;1-3-4-2/h2-7H,1H2;2*4H,1-2H2,3H3;3-4H,1-2H2. The van der Waals surface area contributed by atoms with E-state index in [9.17, 15) is 0 Å². The molecular formula is C22H30. The highest BCUT2D eigenvalue weighted by atomic mass is 13.8. The van der Waals surface area contributed by atoms with Crippen LogP contribution in [0.5, 0.6) is 0 Å². The second-order valence-corrected chi connectivity index (χ2v) is 4.19. The molecule has 1 rings (SSSR count). The normalized spacial score (nSPS) is 7.00. The minimum atomic E-state index is 1.02. The fourth-order valence-electron chi connectivity index (χ4n) is 0.589. The molecule has 0 radical (unpaired) electrons. The third kappa shape index (κ3) is 30.4. The van der Waals surface area contributed by atoms with Crippen LogP contribution >= 0.6 is 0 Å². The largest absolute Gasteiger partial charge is 0.0991 e. The first-order chi connectivity index (χ1) is 10.4. The fourth-order valence-corrected chi connectivity index (χ4v) is 0.589. The molecule has 0 unspecified atom stereocenters. The summed E-state index contributed by atoms with van der Waals surface area (Å²) in [7, 11) is 0. The first-order valence-corrected chi connectivity index (χ1v) is 6.86. The first-order valence-electron chi connectivity index (χ1n) is 6.86. The topological polar surface area (TPSA) is 0 Å². The van der Waals surface area contributed by atoms with Gasteiger partial charge in [-0.25, -0.2) is 0 Å². The fraction of sp³-hybridized carbons (Fsp3) is 0.0909. The van der Waals surface area contributed by atoms with Gasteiger partial charge in [-0.1, -0.05) is 118 Å². The maximum Gasteiger partial charge on any atom is -0.0263 e. The van der Waals surface area contributed by atoms with E-state index < -0.39 is 0 Å². The smallest absolute Gasteiger partial charge is 0.0263 e. The van der Waals surface area contributed by atoms with Crippen LogP contribution in [0, 0.1) is 0 Å². The first kappa shape index (κ1) is 24.4. The summed E-state index contributed by atoms with van der Waals surface area (Å²) in [5.74, 6) is 0. The van der Waals surface area contributed by atoms with Crippen LogP contribution in [0.4, 0.5) is 0 Å². The van der Waals surface area contributed by atoms with Crippen molar-refractivity contribution in [1.29, 1.82) is 0 Å². The van der Waals surface area contributed by atoms with Crippen LogP contribution in [-0.2, 0) is 0 Å². The molecule has 0 atom stereocenters. The summed E-state index contributed by atoms with van der Waals surface area (Å²) in [5.41, 5.74) is 3.21. The Hall–Kier alpha value is -2.60. The molecule has 0 aliphatic carbocycles. The van der Waals surface area contributed by atoms with Gasteiger partial charge in [-0.2, -0.15) is 0 Å². The monoisotopic (exact) mass is 294 g/mol. The Kier molecular flexibility index (Phi) is 23.0. The highest BCUT2D eigenvalue weighted by Gasteiger charge is 1.75. The molecule has 0 bridgehead atoms. The van der Waals surface area contributed by atoms with Crippen molar-refractivity contribution in [3.05, 3.63) is 117 Å². The summed E-state index contributed by atoms with van der Waals surface area (Å²) >= 11 is 0. The Labute approximate surface area is 137 Å². The Balaban J connectivity index is -0.000000230. The van der Waals surface area contributed by atoms with E-state index >= 15 is 0 Å². The van der Waals surface area contributed by atoms with Crippen LogP contribution in [-0.4, -0.2) is 0 Å². The molecule has 0 fully saturated rings. The molecule has 0 N–H and O–H groups in total. The van der Waals surface area contributed by atoms with E-state index in [1.54, 1.807) is 24.3 Å². The summed E-state index contributed by atoms with van der Waals surface area (Å²) in [6, 6.07) is 10.0. The Morgan fingerprint density at radius 3 is 1.18 bits per heavy atom. The molecule has 0 amide bonds. The summed E-state index contributed by atoms with van der Waals surface area (Å²) in [5, 5.41) is 0. The predicted molar refractivity (Wildman–Crippen MR) is 107 cm³/mol. The summed E-state index contributed by atoms with van der Waals surface area (Å²) in [6.07, 6.45) is 8.56. The van der Waals surface area contributed by atoms with Gasteiger partial charge in [0.1, 0.15) is 0 Å². The lowest BCUT2D eigenvalue weighted by Crippen LogP contribution is -1.63. The van der Waals surface area contributed by atoms with Crippen molar-refractivity contribution in [2.45, 2.75) is 13.8 Å².